The van der Waals surface area contributed by atoms with Crippen LogP contribution < -0.4 is 11.3 Å². The minimum atomic E-state index is 0.00559. The Morgan fingerprint density at radius 3 is 2.56 bits per heavy atom. The van der Waals surface area contributed by atoms with Crippen molar-refractivity contribution in [3.05, 3.63) is 12.2 Å². The summed E-state index contributed by atoms with van der Waals surface area (Å²) in [5.74, 6) is 6.58. The summed E-state index contributed by atoms with van der Waals surface area (Å²) in [7, 11) is 1.88. The summed E-state index contributed by atoms with van der Waals surface area (Å²) in [6.45, 7) is 9.10. The molecule has 1 aromatic rings. The summed E-state index contributed by atoms with van der Waals surface area (Å²) in [6.07, 6.45) is 2.26. The first-order valence-electron chi connectivity index (χ1n) is 6.30. The van der Waals surface area contributed by atoms with Crippen LogP contribution in [-0.2, 0) is 18.2 Å². The van der Waals surface area contributed by atoms with Crippen LogP contribution in [0.4, 0.5) is 0 Å². The number of hydrogen-bond acceptors (Lipinski definition) is 5. The van der Waals surface area contributed by atoms with Gasteiger partial charge in [0, 0.05) is 20.1 Å². The highest BCUT2D eigenvalue weighted by Crippen LogP contribution is 2.26. The molecule has 0 saturated carbocycles. The van der Waals surface area contributed by atoms with Crippen molar-refractivity contribution in [2.45, 2.75) is 46.3 Å². The molecule has 1 heterocycles. The molecular formula is C12H25N5O. The van der Waals surface area contributed by atoms with Gasteiger partial charge >= 0.3 is 0 Å². The van der Waals surface area contributed by atoms with E-state index < -0.39 is 0 Å². The fraction of sp³-hybridized carbons (Fsp3) is 0.833. The third kappa shape index (κ3) is 3.76. The van der Waals surface area contributed by atoms with Crippen molar-refractivity contribution >= 4 is 0 Å². The number of nitrogens with one attached hydrogen (secondary N) is 1. The van der Waals surface area contributed by atoms with Crippen LogP contribution in [0.15, 0.2) is 6.33 Å². The largest absolute Gasteiger partial charge is 0.376 e. The Hall–Kier alpha value is -0.980. The molecule has 6 nitrogen and oxygen atoms in total. The van der Waals surface area contributed by atoms with Crippen LogP contribution in [0.3, 0.4) is 0 Å². The Labute approximate surface area is 109 Å². The van der Waals surface area contributed by atoms with E-state index in [1.54, 1.807) is 11.0 Å². The van der Waals surface area contributed by atoms with Gasteiger partial charge in [-0.3, -0.25) is 16.0 Å². The fourth-order valence-electron chi connectivity index (χ4n) is 2.10. The Bertz CT molecular complexity index is 358. The molecule has 0 fully saturated rings. The van der Waals surface area contributed by atoms with Crippen LogP contribution in [-0.4, -0.2) is 33.5 Å². The lowest BCUT2D eigenvalue weighted by atomic mass is 9.83. The normalized spacial score (nSPS) is 15.7. The first-order chi connectivity index (χ1) is 8.40. The van der Waals surface area contributed by atoms with Crippen LogP contribution in [0.5, 0.6) is 0 Å². The van der Waals surface area contributed by atoms with E-state index in [0.717, 1.165) is 5.82 Å². The molecule has 2 atom stereocenters. The van der Waals surface area contributed by atoms with Gasteiger partial charge in [0.25, 0.3) is 0 Å². The summed E-state index contributed by atoms with van der Waals surface area (Å²) in [5, 5.41) is 4.07. The molecule has 0 bridgehead atoms. The van der Waals surface area contributed by atoms with Crippen LogP contribution >= 0.6 is 0 Å². The summed E-state index contributed by atoms with van der Waals surface area (Å²) in [6, 6.07) is 0.00727. The molecule has 0 aromatic carbocycles. The number of nitrogens with zero attached hydrogens (tertiary/aromatic N) is 3. The zero-order valence-electron chi connectivity index (χ0n) is 12.0. The van der Waals surface area contributed by atoms with Gasteiger partial charge in [-0.15, -0.1) is 0 Å². The number of hydrogen-bond donors (Lipinski definition) is 2. The average Bonchev–Trinajstić information content (AvgIpc) is 2.67. The van der Waals surface area contributed by atoms with Crippen LogP contribution in [0.1, 0.15) is 33.5 Å². The van der Waals surface area contributed by atoms with Crippen molar-refractivity contribution in [3.63, 3.8) is 0 Å². The first kappa shape index (κ1) is 15.1. The maximum atomic E-state index is 5.85. The Kier molecular flexibility index (Phi) is 5.25. The zero-order chi connectivity index (χ0) is 13.8. The highest BCUT2D eigenvalue weighted by Gasteiger charge is 2.33. The molecule has 104 valence electrons. The third-order valence-corrected chi connectivity index (χ3v) is 2.99. The molecule has 0 saturated heterocycles. The van der Waals surface area contributed by atoms with E-state index in [2.05, 4.69) is 36.3 Å². The highest BCUT2D eigenvalue weighted by molar-refractivity contribution is 4.94. The second-order valence-corrected chi connectivity index (χ2v) is 5.52. The van der Waals surface area contributed by atoms with Gasteiger partial charge in [0.15, 0.2) is 0 Å². The smallest absolute Gasteiger partial charge is 0.138 e. The maximum absolute atomic E-state index is 5.85. The fourth-order valence-corrected chi connectivity index (χ4v) is 2.10. The first-order valence-corrected chi connectivity index (χ1v) is 6.30. The monoisotopic (exact) mass is 255 g/mol. The number of aryl methyl sites for hydroxylation is 1. The molecule has 6 heteroatoms. The van der Waals surface area contributed by atoms with Crippen LogP contribution in [0, 0.1) is 5.41 Å². The molecule has 18 heavy (non-hydrogen) atoms. The van der Waals surface area contributed by atoms with Gasteiger partial charge in [-0.25, -0.2) is 4.98 Å². The Balaban J connectivity index is 2.83. The van der Waals surface area contributed by atoms with Gasteiger partial charge < -0.3 is 4.74 Å². The summed E-state index contributed by atoms with van der Waals surface area (Å²) in [5.41, 5.74) is 2.86. The Morgan fingerprint density at radius 2 is 2.17 bits per heavy atom. The van der Waals surface area contributed by atoms with Crippen molar-refractivity contribution in [1.29, 1.82) is 0 Å². The van der Waals surface area contributed by atoms with E-state index in [1.807, 2.05) is 14.0 Å². The minimum Gasteiger partial charge on any atom is -0.376 e. The number of hydrazine groups is 1. The summed E-state index contributed by atoms with van der Waals surface area (Å²) < 4.78 is 7.61. The molecular weight excluding hydrogens is 230 g/mol. The predicted molar refractivity (Wildman–Crippen MR) is 70.7 cm³/mol. The lowest BCUT2D eigenvalue weighted by molar-refractivity contribution is -0.0361. The molecule has 1 rings (SSSR count). The van der Waals surface area contributed by atoms with E-state index >= 15 is 0 Å². The average molecular weight is 255 g/mol. The molecule has 0 spiro atoms. The van der Waals surface area contributed by atoms with Crippen molar-refractivity contribution in [3.8, 4) is 0 Å². The van der Waals surface area contributed by atoms with Gasteiger partial charge in [0.05, 0.1) is 12.1 Å². The van der Waals surface area contributed by atoms with Gasteiger partial charge in [-0.05, 0) is 12.3 Å². The molecule has 0 amide bonds. The molecule has 0 aliphatic carbocycles. The van der Waals surface area contributed by atoms with E-state index in [-0.39, 0.29) is 17.6 Å². The van der Waals surface area contributed by atoms with E-state index in [9.17, 15) is 0 Å². The van der Waals surface area contributed by atoms with Crippen molar-refractivity contribution in [2.24, 2.45) is 18.3 Å². The number of nitrogens with two attached hydrogens (primary N) is 1. The van der Waals surface area contributed by atoms with Gasteiger partial charge in [0.1, 0.15) is 12.2 Å². The van der Waals surface area contributed by atoms with E-state index in [4.69, 9.17) is 10.6 Å². The summed E-state index contributed by atoms with van der Waals surface area (Å²) >= 11 is 0. The summed E-state index contributed by atoms with van der Waals surface area (Å²) in [4.78, 5) is 4.23. The standard InChI is InChI=1S/C12H25N5O/c1-6-18-11(12(2,3)4)9(16-13)7-10-14-8-15-17(10)5/h8-9,11,16H,6-7,13H2,1-5H3. The second kappa shape index (κ2) is 6.26. The molecule has 0 radical (unpaired) electrons. The van der Waals surface area contributed by atoms with Gasteiger partial charge in [-0.1, -0.05) is 20.8 Å². The van der Waals surface area contributed by atoms with E-state index in [1.165, 1.54) is 0 Å². The van der Waals surface area contributed by atoms with Crippen molar-refractivity contribution < 1.29 is 4.74 Å². The maximum Gasteiger partial charge on any atom is 0.138 e. The Morgan fingerprint density at radius 1 is 1.50 bits per heavy atom. The molecule has 0 aliphatic heterocycles. The molecule has 2 unspecified atom stereocenters. The topological polar surface area (TPSA) is 78.0 Å². The number of rotatable bonds is 6. The molecule has 3 N–H and O–H groups in total. The number of aromatic nitrogens is 3. The van der Waals surface area contributed by atoms with Gasteiger partial charge in [0.2, 0.25) is 0 Å². The SMILES string of the molecule is CCOC(C(Cc1ncnn1C)NN)C(C)(C)C. The predicted octanol–water partition coefficient (Wildman–Crippen LogP) is 0.641. The van der Waals surface area contributed by atoms with Gasteiger partial charge in [-0.2, -0.15) is 5.10 Å². The van der Waals surface area contributed by atoms with Crippen molar-refractivity contribution in [2.75, 3.05) is 6.61 Å². The quantitative estimate of drug-likeness (QED) is 0.576. The third-order valence-electron chi connectivity index (χ3n) is 2.99. The minimum absolute atomic E-state index is 0.00559. The van der Waals surface area contributed by atoms with Crippen LogP contribution in [0.25, 0.3) is 0 Å². The number of ether oxygens (including phenoxy) is 1. The van der Waals surface area contributed by atoms with E-state index in [0.29, 0.717) is 13.0 Å². The second-order valence-electron chi connectivity index (χ2n) is 5.52. The lowest BCUT2D eigenvalue weighted by Gasteiger charge is -2.36. The highest BCUT2D eigenvalue weighted by atomic mass is 16.5. The van der Waals surface area contributed by atoms with Crippen molar-refractivity contribution in [1.82, 2.24) is 20.2 Å². The molecule has 1 aromatic heterocycles. The van der Waals surface area contributed by atoms with Crippen LogP contribution in [0.2, 0.25) is 0 Å². The zero-order valence-corrected chi connectivity index (χ0v) is 12.0. The molecule has 0 aliphatic rings. The lowest BCUT2D eigenvalue weighted by Crippen LogP contribution is -2.52.